The Labute approximate surface area is 200 Å². The summed E-state index contributed by atoms with van der Waals surface area (Å²) in [5, 5.41) is 13.8. The van der Waals surface area contributed by atoms with Crippen LogP contribution in [0.2, 0.25) is 0 Å². The van der Waals surface area contributed by atoms with Gasteiger partial charge in [-0.05, 0) is 69.3 Å². The fourth-order valence-electron chi connectivity index (χ4n) is 4.33. The summed E-state index contributed by atoms with van der Waals surface area (Å²) in [6, 6.07) is 15.2. The maximum Gasteiger partial charge on any atom is 0.251 e. The van der Waals surface area contributed by atoms with Crippen LogP contribution in [-0.4, -0.2) is 55.2 Å². The topological polar surface area (TPSA) is 90.3 Å². The Morgan fingerprint density at radius 1 is 1.18 bits per heavy atom. The third-order valence-electron chi connectivity index (χ3n) is 6.14. The third kappa shape index (κ3) is 5.43. The van der Waals surface area contributed by atoms with Gasteiger partial charge in [-0.25, -0.2) is 0 Å². The predicted molar refractivity (Wildman–Crippen MR) is 136 cm³/mol. The van der Waals surface area contributed by atoms with E-state index in [2.05, 4.69) is 27.6 Å². The zero-order chi connectivity index (χ0) is 24.1. The minimum Gasteiger partial charge on any atom is -0.457 e. The number of hydrogen-bond donors (Lipinski definition) is 3. The van der Waals surface area contributed by atoms with E-state index >= 15 is 0 Å². The van der Waals surface area contributed by atoms with Gasteiger partial charge in [-0.3, -0.25) is 9.78 Å². The molecule has 0 radical (unpaired) electrons. The highest BCUT2D eigenvalue weighted by molar-refractivity contribution is 5.96. The van der Waals surface area contributed by atoms with Crippen LogP contribution in [0.4, 0.5) is 5.69 Å². The van der Waals surface area contributed by atoms with E-state index in [1.54, 1.807) is 6.20 Å². The molecule has 0 bridgehead atoms. The number of likely N-dealkylation sites (tertiary alicyclic amines) is 1. The van der Waals surface area contributed by atoms with E-state index < -0.39 is 0 Å². The number of ether oxygens (including phenoxy) is 1. The lowest BCUT2D eigenvalue weighted by molar-refractivity contribution is 0.0912. The number of aromatic nitrogens is 1. The quantitative estimate of drug-likeness (QED) is 0.447. The molecule has 34 heavy (non-hydrogen) atoms. The molecule has 4 rings (SSSR count). The molecule has 3 aromatic rings. The monoisotopic (exact) mass is 457 g/mol. The number of carbonyl (C=O) groups excluding carboxylic acids is 1. The molecule has 1 aliphatic rings. The number of carbonyl (C=O) groups is 1. The Morgan fingerprint density at radius 3 is 2.74 bits per heavy atom. The van der Waals surface area contributed by atoms with Crippen LogP contribution in [0, 0.1) is 12.3 Å². The maximum atomic E-state index is 12.9. The summed E-state index contributed by atoms with van der Waals surface area (Å²) in [6.45, 7) is 3.93. The van der Waals surface area contributed by atoms with Gasteiger partial charge in [0.05, 0.1) is 5.69 Å². The fourth-order valence-corrected chi connectivity index (χ4v) is 4.33. The van der Waals surface area contributed by atoms with Crippen LogP contribution in [0.3, 0.4) is 0 Å². The molecule has 2 aromatic carbocycles. The van der Waals surface area contributed by atoms with Crippen molar-refractivity contribution >= 4 is 17.8 Å². The number of hydrogen-bond acceptors (Lipinski definition) is 6. The highest BCUT2D eigenvalue weighted by Gasteiger charge is 2.20. The highest BCUT2D eigenvalue weighted by Crippen LogP contribution is 2.29. The number of nitrogens with zero attached hydrogens (tertiary/aromatic N) is 2. The van der Waals surface area contributed by atoms with Crippen molar-refractivity contribution in [3.63, 3.8) is 0 Å². The number of nitrogens with one attached hydrogen (secondary N) is 3. The van der Waals surface area contributed by atoms with Crippen LogP contribution in [0.1, 0.15) is 34.3 Å². The fraction of sp³-hybridized carbons (Fsp3) is 0.296. The largest absolute Gasteiger partial charge is 0.457 e. The number of aryl methyl sites for hydroxylation is 1. The zero-order valence-corrected chi connectivity index (χ0v) is 19.9. The van der Waals surface area contributed by atoms with Gasteiger partial charge in [-0.2, -0.15) is 0 Å². The molecule has 1 amide bonds. The molecule has 0 aliphatic carbocycles. The Kier molecular flexibility index (Phi) is 7.23. The van der Waals surface area contributed by atoms with Gasteiger partial charge in [0.1, 0.15) is 11.5 Å². The highest BCUT2D eigenvalue weighted by atomic mass is 16.5. The number of piperidine rings is 1. The molecule has 1 unspecified atom stereocenters. The van der Waals surface area contributed by atoms with Gasteiger partial charge in [-0.1, -0.05) is 6.07 Å². The summed E-state index contributed by atoms with van der Waals surface area (Å²) in [5.74, 6) is 1.31. The van der Waals surface area contributed by atoms with E-state index in [4.69, 9.17) is 10.1 Å². The molecule has 176 valence electrons. The molecule has 7 nitrogen and oxygen atoms in total. The van der Waals surface area contributed by atoms with Gasteiger partial charge in [0, 0.05) is 66.6 Å². The molecule has 7 heteroatoms. The molecule has 1 aliphatic heterocycles. The van der Waals surface area contributed by atoms with Gasteiger partial charge >= 0.3 is 0 Å². The van der Waals surface area contributed by atoms with E-state index in [9.17, 15) is 4.79 Å². The van der Waals surface area contributed by atoms with E-state index in [-0.39, 0.29) is 11.9 Å². The van der Waals surface area contributed by atoms with Gasteiger partial charge in [0.15, 0.2) is 0 Å². The van der Waals surface area contributed by atoms with Gasteiger partial charge in [0.2, 0.25) is 0 Å². The Morgan fingerprint density at radius 2 is 2.00 bits per heavy atom. The molecule has 3 N–H and O–H groups in total. The van der Waals surface area contributed by atoms with Gasteiger partial charge in [0.25, 0.3) is 5.91 Å². The van der Waals surface area contributed by atoms with Crippen molar-refractivity contribution in [1.29, 1.82) is 5.41 Å². The Hall–Kier alpha value is -3.71. The second kappa shape index (κ2) is 10.5. The summed E-state index contributed by atoms with van der Waals surface area (Å²) in [7, 11) is 3.91. The lowest BCUT2D eigenvalue weighted by Gasteiger charge is -2.30. The number of amides is 1. The summed E-state index contributed by atoms with van der Waals surface area (Å²) in [4.78, 5) is 19.6. The minimum atomic E-state index is -0.0249. The normalized spacial score (nSPS) is 16.0. The minimum absolute atomic E-state index is 0.0249. The van der Waals surface area contributed by atoms with Crippen molar-refractivity contribution in [2.24, 2.45) is 0 Å². The van der Waals surface area contributed by atoms with Crippen molar-refractivity contribution < 1.29 is 9.53 Å². The summed E-state index contributed by atoms with van der Waals surface area (Å²) < 4.78 is 6.04. The van der Waals surface area contributed by atoms with E-state index in [1.165, 1.54) is 6.21 Å². The summed E-state index contributed by atoms with van der Waals surface area (Å²) >= 11 is 0. The van der Waals surface area contributed by atoms with Crippen LogP contribution in [0.25, 0.3) is 11.3 Å². The molecule has 2 heterocycles. The molecule has 1 aromatic heterocycles. The molecule has 1 atom stereocenters. The molecular weight excluding hydrogens is 426 g/mol. The Bertz CT molecular complexity index is 1190. The number of likely N-dealkylation sites (N-methyl/N-ethyl adjacent to an activating group) is 1. The number of pyridine rings is 1. The molecular formula is C27H31N5O2. The molecule has 1 saturated heterocycles. The lowest BCUT2D eigenvalue weighted by Crippen LogP contribution is -2.46. The van der Waals surface area contributed by atoms with E-state index in [1.807, 2.05) is 62.5 Å². The molecule has 0 saturated carbocycles. The smallest absolute Gasteiger partial charge is 0.251 e. The van der Waals surface area contributed by atoms with E-state index in [0.29, 0.717) is 17.1 Å². The second-order valence-electron chi connectivity index (χ2n) is 8.73. The van der Waals surface area contributed by atoms with Crippen molar-refractivity contribution in [3.8, 4) is 22.8 Å². The lowest BCUT2D eigenvalue weighted by atomic mass is 10.0. The van der Waals surface area contributed by atoms with Crippen LogP contribution >= 0.6 is 0 Å². The zero-order valence-electron chi connectivity index (χ0n) is 19.9. The average Bonchev–Trinajstić information content (AvgIpc) is 2.84. The first kappa shape index (κ1) is 23.4. The van der Waals surface area contributed by atoms with Crippen LogP contribution in [-0.2, 0) is 0 Å². The van der Waals surface area contributed by atoms with Crippen molar-refractivity contribution in [1.82, 2.24) is 15.2 Å². The summed E-state index contributed by atoms with van der Waals surface area (Å²) in [6.07, 6.45) is 5.14. The molecule has 0 spiro atoms. The first-order valence-electron chi connectivity index (χ1n) is 11.5. The number of anilines is 1. The van der Waals surface area contributed by atoms with Gasteiger partial charge < -0.3 is 25.7 Å². The van der Waals surface area contributed by atoms with Gasteiger partial charge in [-0.15, -0.1) is 0 Å². The second-order valence-corrected chi connectivity index (χ2v) is 8.73. The number of benzene rings is 2. The van der Waals surface area contributed by atoms with Crippen molar-refractivity contribution in [2.45, 2.75) is 25.8 Å². The third-order valence-corrected chi connectivity index (χ3v) is 6.14. The average molecular weight is 458 g/mol. The first-order chi connectivity index (χ1) is 16.5. The SMILES string of the molecule is CNc1cc(Oc2ccnc(-c3ccc(C(=O)NC4CCCN(C)C4)c(C)c3)c2)ccc1C=N. The molecule has 1 fully saturated rings. The maximum absolute atomic E-state index is 12.9. The predicted octanol–water partition coefficient (Wildman–Crippen LogP) is 4.71. The van der Waals surface area contributed by atoms with E-state index in [0.717, 1.165) is 54.0 Å². The van der Waals surface area contributed by atoms with Crippen molar-refractivity contribution in [3.05, 3.63) is 71.4 Å². The first-order valence-corrected chi connectivity index (χ1v) is 11.5. The number of rotatable bonds is 7. The summed E-state index contributed by atoms with van der Waals surface area (Å²) in [5.41, 5.74) is 4.91. The standard InChI is InChI=1S/C27H31N5O2/c1-18-13-19(7-9-24(18)27(33)31-21-5-4-12-32(3)17-21)26-15-23(10-11-30-26)34-22-8-6-20(16-28)25(14-22)29-2/h6-11,13-16,21,28-29H,4-5,12,17H2,1-3H3,(H,31,33). The van der Waals surface area contributed by atoms with Crippen LogP contribution in [0.5, 0.6) is 11.5 Å². The van der Waals surface area contributed by atoms with Crippen LogP contribution in [0.15, 0.2) is 54.7 Å². The van der Waals surface area contributed by atoms with Crippen molar-refractivity contribution in [2.75, 3.05) is 32.5 Å². The van der Waals surface area contributed by atoms with Crippen LogP contribution < -0.4 is 15.4 Å². The Balaban J connectivity index is 1.49.